The lowest BCUT2D eigenvalue weighted by Gasteiger charge is -2.43. The van der Waals surface area contributed by atoms with Gasteiger partial charge in [0, 0.05) is 51.1 Å². The minimum atomic E-state index is 0. The van der Waals surface area contributed by atoms with Gasteiger partial charge in [0.1, 0.15) is 0 Å². The van der Waals surface area contributed by atoms with E-state index in [1.54, 1.807) is 0 Å². The molecule has 2 atom stereocenters. The fraction of sp³-hybridized carbons (Fsp3) is 0.947. The van der Waals surface area contributed by atoms with Crippen LogP contribution in [0.1, 0.15) is 33.1 Å². The van der Waals surface area contributed by atoms with Crippen LogP contribution in [0.15, 0.2) is 4.99 Å². The Kier molecular flexibility index (Phi) is 9.30. The van der Waals surface area contributed by atoms with Gasteiger partial charge < -0.3 is 15.0 Å². The average molecular weight is 497 g/mol. The van der Waals surface area contributed by atoms with E-state index in [2.05, 4.69) is 45.7 Å². The molecule has 1 N–H and O–H groups in total. The lowest BCUT2D eigenvalue weighted by molar-refractivity contribution is -0.0121. The van der Waals surface area contributed by atoms with E-state index in [1.807, 2.05) is 7.05 Å². The first-order valence-corrected chi connectivity index (χ1v) is 11.1. The molecule has 5 nitrogen and oxygen atoms in total. The second-order valence-corrected chi connectivity index (χ2v) is 9.36. The van der Waals surface area contributed by atoms with Gasteiger partial charge in [0.2, 0.25) is 0 Å². The number of hydrogen-bond donors (Lipinski definition) is 1. The van der Waals surface area contributed by atoms with Crippen LogP contribution in [0.2, 0.25) is 0 Å². The summed E-state index contributed by atoms with van der Waals surface area (Å²) in [4.78, 5) is 9.75. The summed E-state index contributed by atoms with van der Waals surface area (Å²) in [5.74, 6) is 5.23. The predicted molar refractivity (Wildman–Crippen MR) is 123 cm³/mol. The van der Waals surface area contributed by atoms with Crippen LogP contribution >= 0.6 is 35.7 Å². The van der Waals surface area contributed by atoms with Crippen molar-refractivity contribution in [3.05, 3.63) is 0 Å². The third-order valence-electron chi connectivity index (χ3n) is 5.94. The molecular weight excluding hydrogens is 459 g/mol. The van der Waals surface area contributed by atoms with Crippen molar-refractivity contribution in [1.29, 1.82) is 0 Å². The number of nitrogens with zero attached hydrogens (tertiary/aromatic N) is 3. The molecule has 26 heavy (non-hydrogen) atoms. The van der Waals surface area contributed by atoms with E-state index in [4.69, 9.17) is 4.74 Å². The number of halogens is 1. The molecule has 3 rings (SSSR count). The van der Waals surface area contributed by atoms with Gasteiger partial charge in [-0.25, -0.2) is 0 Å². The first kappa shape index (κ1) is 22.6. The van der Waals surface area contributed by atoms with Crippen molar-refractivity contribution in [2.24, 2.45) is 16.8 Å². The summed E-state index contributed by atoms with van der Waals surface area (Å²) in [6.07, 6.45) is 3.92. The zero-order valence-corrected chi connectivity index (χ0v) is 19.9. The number of thioether (sulfide) groups is 1. The predicted octanol–water partition coefficient (Wildman–Crippen LogP) is 2.76. The Labute approximate surface area is 181 Å². The molecule has 0 aromatic rings. The van der Waals surface area contributed by atoms with E-state index >= 15 is 0 Å². The van der Waals surface area contributed by atoms with Crippen LogP contribution in [0.3, 0.4) is 0 Å². The third-order valence-corrected chi connectivity index (χ3v) is 7.18. The number of ether oxygens (including phenoxy) is 1. The summed E-state index contributed by atoms with van der Waals surface area (Å²) in [6.45, 7) is 11.9. The van der Waals surface area contributed by atoms with Crippen molar-refractivity contribution >= 4 is 41.7 Å². The van der Waals surface area contributed by atoms with Gasteiger partial charge in [-0.3, -0.25) is 9.89 Å². The monoisotopic (exact) mass is 496 g/mol. The summed E-state index contributed by atoms with van der Waals surface area (Å²) in [6, 6.07) is 0. The summed E-state index contributed by atoms with van der Waals surface area (Å²) >= 11 is 2.10. The van der Waals surface area contributed by atoms with Crippen molar-refractivity contribution < 1.29 is 4.74 Å². The Morgan fingerprint density at radius 2 is 2.08 bits per heavy atom. The van der Waals surface area contributed by atoms with Crippen LogP contribution in [-0.2, 0) is 4.74 Å². The van der Waals surface area contributed by atoms with Gasteiger partial charge in [-0.05, 0) is 36.9 Å². The van der Waals surface area contributed by atoms with Gasteiger partial charge in [0.25, 0.3) is 0 Å². The second-order valence-electron chi connectivity index (χ2n) is 8.26. The SMILES string of the molecule is CN=C(NCC1(N2CCOCC2)CCSC1)N1CCC(CC(C)C)C1.I. The molecule has 3 aliphatic rings. The van der Waals surface area contributed by atoms with E-state index in [0.717, 1.165) is 63.7 Å². The number of morpholine rings is 1. The molecule has 0 spiro atoms. The lowest BCUT2D eigenvalue weighted by atomic mass is 9.95. The molecule has 0 aromatic heterocycles. The number of rotatable bonds is 5. The molecule has 0 saturated carbocycles. The quantitative estimate of drug-likeness (QED) is 0.360. The highest BCUT2D eigenvalue weighted by molar-refractivity contribution is 14.0. The molecule has 0 aromatic carbocycles. The highest BCUT2D eigenvalue weighted by atomic mass is 127. The second kappa shape index (κ2) is 10.7. The smallest absolute Gasteiger partial charge is 0.193 e. The van der Waals surface area contributed by atoms with Crippen molar-refractivity contribution in [2.75, 3.05) is 64.5 Å². The van der Waals surface area contributed by atoms with E-state index < -0.39 is 0 Å². The summed E-state index contributed by atoms with van der Waals surface area (Å²) in [5.41, 5.74) is 0.279. The number of aliphatic imine (C=N–C) groups is 1. The van der Waals surface area contributed by atoms with E-state index in [0.29, 0.717) is 0 Å². The van der Waals surface area contributed by atoms with Crippen LogP contribution in [0.4, 0.5) is 0 Å². The van der Waals surface area contributed by atoms with Gasteiger partial charge in [0.15, 0.2) is 5.96 Å². The zero-order valence-electron chi connectivity index (χ0n) is 16.7. The molecule has 0 aliphatic carbocycles. The molecule has 0 radical (unpaired) electrons. The van der Waals surface area contributed by atoms with E-state index in [-0.39, 0.29) is 29.5 Å². The van der Waals surface area contributed by atoms with Crippen molar-refractivity contribution in [3.8, 4) is 0 Å². The first-order chi connectivity index (χ1) is 12.1. The van der Waals surface area contributed by atoms with Crippen LogP contribution in [0, 0.1) is 11.8 Å². The Hall–Kier alpha value is 0.270. The number of likely N-dealkylation sites (tertiary alicyclic amines) is 1. The zero-order chi connectivity index (χ0) is 17.7. The van der Waals surface area contributed by atoms with Crippen LogP contribution < -0.4 is 5.32 Å². The molecule has 3 heterocycles. The summed E-state index contributed by atoms with van der Waals surface area (Å²) in [5, 5.41) is 3.75. The van der Waals surface area contributed by atoms with Gasteiger partial charge >= 0.3 is 0 Å². The largest absolute Gasteiger partial charge is 0.379 e. The van der Waals surface area contributed by atoms with Crippen molar-refractivity contribution in [2.45, 2.75) is 38.6 Å². The minimum absolute atomic E-state index is 0. The first-order valence-electron chi connectivity index (χ1n) is 9.99. The van der Waals surface area contributed by atoms with E-state index in [1.165, 1.54) is 30.8 Å². The molecule has 7 heteroatoms. The topological polar surface area (TPSA) is 40.1 Å². The Balaban J connectivity index is 0.00000243. The lowest BCUT2D eigenvalue weighted by Crippen LogP contribution is -2.60. The number of nitrogens with one attached hydrogen (secondary N) is 1. The maximum absolute atomic E-state index is 5.57. The molecular formula is C19H37IN4OS. The minimum Gasteiger partial charge on any atom is -0.379 e. The van der Waals surface area contributed by atoms with Crippen molar-refractivity contribution in [1.82, 2.24) is 15.1 Å². The number of guanidine groups is 1. The Bertz CT molecular complexity index is 451. The number of hydrogen-bond acceptors (Lipinski definition) is 4. The maximum Gasteiger partial charge on any atom is 0.193 e. The van der Waals surface area contributed by atoms with Crippen molar-refractivity contribution in [3.63, 3.8) is 0 Å². The molecule has 3 saturated heterocycles. The van der Waals surface area contributed by atoms with Crippen LogP contribution in [-0.4, -0.2) is 85.8 Å². The van der Waals surface area contributed by atoms with Crippen LogP contribution in [0.25, 0.3) is 0 Å². The van der Waals surface area contributed by atoms with Gasteiger partial charge in [-0.2, -0.15) is 11.8 Å². The molecule has 0 amide bonds. The fourth-order valence-corrected chi connectivity index (χ4v) is 6.07. The van der Waals surface area contributed by atoms with E-state index in [9.17, 15) is 0 Å². The Morgan fingerprint density at radius 3 is 2.69 bits per heavy atom. The highest BCUT2D eigenvalue weighted by Gasteiger charge is 2.41. The Morgan fingerprint density at radius 1 is 1.31 bits per heavy atom. The molecule has 3 fully saturated rings. The van der Waals surface area contributed by atoms with Gasteiger partial charge in [0.05, 0.1) is 13.2 Å². The van der Waals surface area contributed by atoms with Gasteiger partial charge in [-0.15, -0.1) is 24.0 Å². The standard InChI is InChI=1S/C19H36N4OS.HI/c1-16(2)12-17-4-6-22(13-17)18(20-3)21-14-19(5-11-25-15-19)23-7-9-24-10-8-23;/h16-17H,4-15H2,1-3H3,(H,20,21);1H. The normalized spacial score (nSPS) is 30.7. The molecule has 2 unspecified atom stereocenters. The maximum atomic E-state index is 5.57. The third kappa shape index (κ3) is 5.64. The van der Waals surface area contributed by atoms with Crippen LogP contribution in [0.5, 0.6) is 0 Å². The average Bonchev–Trinajstić information content (AvgIpc) is 3.26. The summed E-state index contributed by atoms with van der Waals surface area (Å²) in [7, 11) is 1.93. The molecule has 152 valence electrons. The summed E-state index contributed by atoms with van der Waals surface area (Å²) < 4.78 is 5.57. The fourth-order valence-electron chi connectivity index (χ4n) is 4.59. The molecule has 0 bridgehead atoms. The highest BCUT2D eigenvalue weighted by Crippen LogP contribution is 2.33. The van der Waals surface area contributed by atoms with Gasteiger partial charge in [-0.1, -0.05) is 13.8 Å². The molecule has 3 aliphatic heterocycles.